The monoisotopic (exact) mass is 254 g/mol. The number of hydrazine groups is 1. The van der Waals surface area contributed by atoms with Gasteiger partial charge in [0.2, 0.25) is 11.8 Å². The fourth-order valence-corrected chi connectivity index (χ4v) is 2.06. The number of ether oxygens (including phenoxy) is 3. The molecule has 0 amide bonds. The van der Waals surface area contributed by atoms with Crippen LogP contribution in [-0.2, 0) is 4.74 Å². The maximum absolute atomic E-state index is 5.62. The lowest BCUT2D eigenvalue weighted by Crippen LogP contribution is -2.37. The first-order chi connectivity index (χ1) is 8.80. The van der Waals surface area contributed by atoms with E-state index in [0.717, 1.165) is 19.4 Å². The minimum atomic E-state index is -0.235. The zero-order valence-electron chi connectivity index (χ0n) is 10.5. The molecule has 2 atom stereocenters. The Kier molecular flexibility index (Phi) is 4.29. The first-order valence-electron chi connectivity index (χ1n) is 5.82. The molecule has 0 saturated carbocycles. The molecular weight excluding hydrogens is 236 g/mol. The van der Waals surface area contributed by atoms with Crippen molar-refractivity contribution in [3.05, 3.63) is 11.9 Å². The number of aromatic nitrogens is 2. The van der Waals surface area contributed by atoms with Gasteiger partial charge in [0.15, 0.2) is 0 Å². The molecule has 2 rings (SSSR count). The first kappa shape index (κ1) is 13.0. The molecule has 7 nitrogen and oxygen atoms in total. The molecule has 1 fully saturated rings. The van der Waals surface area contributed by atoms with Crippen LogP contribution in [0.1, 0.15) is 24.6 Å². The normalized spacial score (nSPS) is 20.7. The maximum atomic E-state index is 5.62. The molecule has 0 spiro atoms. The van der Waals surface area contributed by atoms with Crippen molar-refractivity contribution < 1.29 is 14.2 Å². The van der Waals surface area contributed by atoms with Gasteiger partial charge in [0.25, 0.3) is 0 Å². The van der Waals surface area contributed by atoms with E-state index in [1.54, 1.807) is 0 Å². The first-order valence-corrected chi connectivity index (χ1v) is 5.82. The summed E-state index contributed by atoms with van der Waals surface area (Å²) in [5, 5.41) is 0. The van der Waals surface area contributed by atoms with Crippen LogP contribution < -0.4 is 20.7 Å². The quantitative estimate of drug-likeness (QED) is 0.572. The molecular formula is C11H18N4O3. The van der Waals surface area contributed by atoms with E-state index in [1.165, 1.54) is 20.4 Å². The van der Waals surface area contributed by atoms with Gasteiger partial charge >= 0.3 is 0 Å². The van der Waals surface area contributed by atoms with Gasteiger partial charge in [0, 0.05) is 6.61 Å². The average Bonchev–Trinajstić information content (AvgIpc) is 2.94. The lowest BCUT2D eigenvalue weighted by atomic mass is 10.1. The van der Waals surface area contributed by atoms with E-state index in [9.17, 15) is 0 Å². The summed E-state index contributed by atoms with van der Waals surface area (Å²) in [5.41, 5.74) is 3.36. The number of methoxy groups -OCH3 is 2. The lowest BCUT2D eigenvalue weighted by molar-refractivity contribution is 0.0758. The number of nitrogens with two attached hydrogens (primary N) is 1. The number of nitrogens with one attached hydrogen (secondary N) is 1. The van der Waals surface area contributed by atoms with Crippen LogP contribution in [0.3, 0.4) is 0 Å². The van der Waals surface area contributed by atoms with Crippen molar-refractivity contribution in [1.29, 1.82) is 0 Å². The second-order valence-electron chi connectivity index (χ2n) is 4.00. The van der Waals surface area contributed by atoms with Crippen molar-refractivity contribution in [3.8, 4) is 11.8 Å². The summed E-state index contributed by atoms with van der Waals surface area (Å²) < 4.78 is 15.9. The van der Waals surface area contributed by atoms with Gasteiger partial charge in [-0.1, -0.05) is 0 Å². The van der Waals surface area contributed by atoms with Crippen LogP contribution in [0.5, 0.6) is 11.8 Å². The van der Waals surface area contributed by atoms with Crippen molar-refractivity contribution in [1.82, 2.24) is 15.4 Å². The molecule has 1 aliphatic rings. The van der Waals surface area contributed by atoms with Crippen LogP contribution in [0.25, 0.3) is 0 Å². The third-order valence-electron chi connectivity index (χ3n) is 2.96. The zero-order chi connectivity index (χ0) is 13.0. The molecule has 2 heterocycles. The van der Waals surface area contributed by atoms with Gasteiger partial charge < -0.3 is 14.2 Å². The van der Waals surface area contributed by atoms with Crippen molar-refractivity contribution in [3.63, 3.8) is 0 Å². The third kappa shape index (κ3) is 2.53. The lowest BCUT2D eigenvalue weighted by Gasteiger charge is -2.22. The summed E-state index contributed by atoms with van der Waals surface area (Å²) in [4.78, 5) is 8.49. The predicted octanol–water partition coefficient (Wildman–Crippen LogP) is 0.177. The molecule has 0 radical (unpaired) electrons. The summed E-state index contributed by atoms with van der Waals surface area (Å²) in [5.74, 6) is 6.39. The molecule has 18 heavy (non-hydrogen) atoms. The Morgan fingerprint density at radius 3 is 2.89 bits per heavy atom. The van der Waals surface area contributed by atoms with Gasteiger partial charge in [-0.05, 0) is 12.8 Å². The zero-order valence-corrected chi connectivity index (χ0v) is 10.5. The fourth-order valence-electron chi connectivity index (χ4n) is 2.06. The van der Waals surface area contributed by atoms with Gasteiger partial charge in [0.05, 0.1) is 32.6 Å². The Morgan fingerprint density at radius 2 is 2.33 bits per heavy atom. The molecule has 2 unspecified atom stereocenters. The van der Waals surface area contributed by atoms with E-state index in [2.05, 4.69) is 15.4 Å². The van der Waals surface area contributed by atoms with Crippen molar-refractivity contribution in [2.75, 3.05) is 20.8 Å². The number of rotatable bonds is 5. The largest absolute Gasteiger partial charge is 0.480 e. The van der Waals surface area contributed by atoms with Gasteiger partial charge in [0.1, 0.15) is 5.69 Å². The summed E-state index contributed by atoms with van der Waals surface area (Å²) in [6, 6.07) is -0.235. The van der Waals surface area contributed by atoms with Crippen LogP contribution in [-0.4, -0.2) is 36.9 Å². The van der Waals surface area contributed by atoms with E-state index in [0.29, 0.717) is 17.5 Å². The van der Waals surface area contributed by atoms with Gasteiger partial charge in [-0.2, -0.15) is 4.98 Å². The highest BCUT2D eigenvalue weighted by Gasteiger charge is 2.30. The summed E-state index contributed by atoms with van der Waals surface area (Å²) in [7, 11) is 3.07. The highest BCUT2D eigenvalue weighted by Crippen LogP contribution is 2.30. The second kappa shape index (κ2) is 5.94. The standard InChI is InChI=1S/C11H18N4O3/c1-16-8-6-13-10(11(14-8)17-2)9(15-12)7-4-3-5-18-7/h6-7,9,15H,3-5,12H2,1-2H3. The number of hydrogen-bond acceptors (Lipinski definition) is 7. The smallest absolute Gasteiger partial charge is 0.240 e. The number of hydrogen-bond donors (Lipinski definition) is 2. The molecule has 1 aliphatic heterocycles. The fraction of sp³-hybridized carbons (Fsp3) is 0.636. The van der Waals surface area contributed by atoms with Crippen LogP contribution in [0.15, 0.2) is 6.20 Å². The SMILES string of the molecule is COc1cnc(C(NN)C2CCCO2)c(OC)n1. The van der Waals surface area contributed by atoms with Crippen LogP contribution >= 0.6 is 0 Å². The molecule has 7 heteroatoms. The third-order valence-corrected chi connectivity index (χ3v) is 2.96. The van der Waals surface area contributed by atoms with Crippen molar-refractivity contribution >= 4 is 0 Å². The Bertz CT molecular complexity index is 396. The molecule has 0 aliphatic carbocycles. The van der Waals surface area contributed by atoms with E-state index in [-0.39, 0.29) is 12.1 Å². The van der Waals surface area contributed by atoms with Crippen molar-refractivity contribution in [2.45, 2.75) is 25.0 Å². The Labute approximate surface area is 106 Å². The minimum absolute atomic E-state index is 0.00778. The molecule has 0 bridgehead atoms. The molecule has 3 N–H and O–H groups in total. The van der Waals surface area contributed by atoms with E-state index in [4.69, 9.17) is 20.1 Å². The van der Waals surface area contributed by atoms with E-state index >= 15 is 0 Å². The Balaban J connectivity index is 2.28. The van der Waals surface area contributed by atoms with Gasteiger partial charge in [-0.25, -0.2) is 10.4 Å². The molecule has 100 valence electrons. The summed E-state index contributed by atoms with van der Waals surface area (Å²) >= 11 is 0. The maximum Gasteiger partial charge on any atom is 0.240 e. The topological polar surface area (TPSA) is 91.5 Å². The Hall–Kier alpha value is -1.44. The summed E-state index contributed by atoms with van der Waals surface area (Å²) in [6.07, 6.45) is 3.49. The van der Waals surface area contributed by atoms with Crippen LogP contribution in [0.4, 0.5) is 0 Å². The van der Waals surface area contributed by atoms with Crippen molar-refractivity contribution in [2.24, 2.45) is 5.84 Å². The molecule has 1 saturated heterocycles. The molecule has 1 aromatic heterocycles. The van der Waals surface area contributed by atoms with Gasteiger partial charge in [-0.3, -0.25) is 5.84 Å². The minimum Gasteiger partial charge on any atom is -0.480 e. The molecule has 0 aromatic carbocycles. The highest BCUT2D eigenvalue weighted by atomic mass is 16.5. The van der Waals surface area contributed by atoms with Gasteiger partial charge in [-0.15, -0.1) is 0 Å². The highest BCUT2D eigenvalue weighted by molar-refractivity contribution is 5.26. The van der Waals surface area contributed by atoms with E-state index in [1.807, 2.05) is 0 Å². The van der Waals surface area contributed by atoms with Crippen LogP contribution in [0.2, 0.25) is 0 Å². The Morgan fingerprint density at radius 1 is 1.50 bits per heavy atom. The number of nitrogens with zero attached hydrogens (tertiary/aromatic N) is 2. The van der Waals surface area contributed by atoms with Crippen LogP contribution in [0, 0.1) is 0 Å². The second-order valence-corrected chi connectivity index (χ2v) is 4.00. The average molecular weight is 254 g/mol. The summed E-state index contributed by atoms with van der Waals surface area (Å²) in [6.45, 7) is 0.745. The molecule has 1 aromatic rings. The predicted molar refractivity (Wildman–Crippen MR) is 64.2 cm³/mol. The van der Waals surface area contributed by atoms with E-state index < -0.39 is 0 Å².